The van der Waals surface area contributed by atoms with Gasteiger partial charge in [0.25, 0.3) is 0 Å². The van der Waals surface area contributed by atoms with E-state index in [0.29, 0.717) is 19.6 Å². The molecule has 1 rings (SSSR count). The van der Waals surface area contributed by atoms with Gasteiger partial charge in [0.2, 0.25) is 0 Å². The number of alkyl carbamates (subject to hydrolysis) is 1. The van der Waals surface area contributed by atoms with E-state index in [0.717, 1.165) is 6.42 Å². The molecule has 5 heteroatoms. The molecule has 0 aliphatic carbocycles. The van der Waals surface area contributed by atoms with E-state index < -0.39 is 12.1 Å². The van der Waals surface area contributed by atoms with Gasteiger partial charge in [0.1, 0.15) is 6.10 Å². The molecule has 1 aliphatic heterocycles. The molecule has 1 fully saturated rings. The van der Waals surface area contributed by atoms with E-state index in [2.05, 4.69) is 5.32 Å². The maximum atomic E-state index is 11.6. The molecule has 19 heavy (non-hydrogen) atoms. The van der Waals surface area contributed by atoms with Gasteiger partial charge in [0.05, 0.1) is 19.3 Å². The summed E-state index contributed by atoms with van der Waals surface area (Å²) in [6.45, 7) is 10.7. The van der Waals surface area contributed by atoms with Crippen molar-refractivity contribution >= 4 is 11.9 Å². The first-order valence-electron chi connectivity index (χ1n) is 7.12. The van der Waals surface area contributed by atoms with Crippen LogP contribution in [0.2, 0.25) is 0 Å². The molecule has 112 valence electrons. The van der Waals surface area contributed by atoms with Gasteiger partial charge in [-0.3, -0.25) is 4.79 Å². The zero-order chi connectivity index (χ0) is 14.8. The summed E-state index contributed by atoms with van der Waals surface area (Å²) in [5.41, 5.74) is 0. The average Bonchev–Trinajstić information content (AvgIpc) is 2.90. The Kier molecular flexibility index (Phi) is 9.21. The van der Waals surface area contributed by atoms with Gasteiger partial charge in [-0.15, -0.1) is 0 Å². The molecule has 0 saturated carbocycles. The van der Waals surface area contributed by atoms with Crippen molar-refractivity contribution in [2.45, 2.75) is 59.6 Å². The summed E-state index contributed by atoms with van der Waals surface area (Å²) >= 11 is 0. The largest absolute Gasteiger partial charge is 0.444 e. The number of amides is 1. The van der Waals surface area contributed by atoms with Gasteiger partial charge >= 0.3 is 6.09 Å². The van der Waals surface area contributed by atoms with E-state index in [1.807, 2.05) is 27.7 Å². The topological polar surface area (TPSA) is 64.6 Å². The first-order valence-corrected chi connectivity index (χ1v) is 7.12. The van der Waals surface area contributed by atoms with Crippen LogP contribution in [0.1, 0.15) is 47.5 Å². The fourth-order valence-electron chi connectivity index (χ4n) is 1.76. The van der Waals surface area contributed by atoms with Crippen molar-refractivity contribution in [3.63, 3.8) is 0 Å². The van der Waals surface area contributed by atoms with Crippen LogP contribution in [-0.4, -0.2) is 37.2 Å². The van der Waals surface area contributed by atoms with Crippen molar-refractivity contribution in [2.24, 2.45) is 5.92 Å². The van der Waals surface area contributed by atoms with Crippen LogP contribution in [0.25, 0.3) is 0 Å². The number of Topliss-reactive ketones (excluding diaryl/α,β-unsaturated/α-hetero) is 1. The molecule has 0 bridgehead atoms. The van der Waals surface area contributed by atoms with E-state index in [9.17, 15) is 9.59 Å². The van der Waals surface area contributed by atoms with Crippen LogP contribution in [0.3, 0.4) is 0 Å². The lowest BCUT2D eigenvalue weighted by atomic mass is 9.99. The fraction of sp³-hybridized carbons (Fsp3) is 0.857. The third-order valence-electron chi connectivity index (χ3n) is 2.80. The van der Waals surface area contributed by atoms with Crippen molar-refractivity contribution in [3.05, 3.63) is 0 Å². The van der Waals surface area contributed by atoms with Crippen LogP contribution in [0.4, 0.5) is 4.79 Å². The molecule has 0 radical (unpaired) electrons. The third-order valence-corrected chi connectivity index (χ3v) is 2.80. The molecule has 2 unspecified atom stereocenters. The van der Waals surface area contributed by atoms with Crippen LogP contribution in [0, 0.1) is 5.92 Å². The van der Waals surface area contributed by atoms with Crippen molar-refractivity contribution < 1.29 is 19.1 Å². The highest BCUT2D eigenvalue weighted by atomic mass is 16.6. The SMILES string of the molecule is CC.CCC(=O)C(NC(=O)OC1CCOC1)C(C)C. The summed E-state index contributed by atoms with van der Waals surface area (Å²) in [6, 6.07) is -0.463. The first-order chi connectivity index (χ1) is 9.04. The minimum atomic E-state index is -0.527. The average molecular weight is 273 g/mol. The molecule has 1 heterocycles. The summed E-state index contributed by atoms with van der Waals surface area (Å²) in [6.07, 6.45) is 0.428. The summed E-state index contributed by atoms with van der Waals surface area (Å²) in [5.74, 6) is 0.0921. The van der Waals surface area contributed by atoms with Crippen molar-refractivity contribution in [2.75, 3.05) is 13.2 Å². The Morgan fingerprint density at radius 3 is 2.42 bits per heavy atom. The Morgan fingerprint density at radius 2 is 2.00 bits per heavy atom. The quantitative estimate of drug-likeness (QED) is 0.836. The highest BCUT2D eigenvalue weighted by molar-refractivity contribution is 5.87. The highest BCUT2D eigenvalue weighted by Crippen LogP contribution is 2.10. The molecule has 1 N–H and O–H groups in total. The molecule has 0 aromatic rings. The van der Waals surface area contributed by atoms with Crippen molar-refractivity contribution in [3.8, 4) is 0 Å². The normalized spacial score (nSPS) is 19.4. The van der Waals surface area contributed by atoms with Gasteiger partial charge in [-0.05, 0) is 5.92 Å². The van der Waals surface area contributed by atoms with E-state index in [1.54, 1.807) is 6.92 Å². The number of ketones is 1. The summed E-state index contributed by atoms with van der Waals surface area (Å²) < 4.78 is 10.3. The molecule has 0 spiro atoms. The minimum Gasteiger partial charge on any atom is -0.444 e. The molecule has 1 aliphatic rings. The monoisotopic (exact) mass is 273 g/mol. The minimum absolute atomic E-state index is 0.0274. The number of hydrogen-bond donors (Lipinski definition) is 1. The second-order valence-corrected chi connectivity index (χ2v) is 4.58. The van der Waals surface area contributed by atoms with Gasteiger partial charge in [-0.1, -0.05) is 34.6 Å². The lowest BCUT2D eigenvalue weighted by Crippen LogP contribution is -2.45. The van der Waals surface area contributed by atoms with Crippen LogP contribution < -0.4 is 5.32 Å². The molecule has 5 nitrogen and oxygen atoms in total. The standard InChI is InChI=1S/C12H21NO4.C2H6/c1-4-10(14)11(8(2)3)13-12(15)17-9-5-6-16-7-9;1-2/h8-9,11H,4-7H2,1-3H3,(H,13,15);1-2H3. The Labute approximate surface area is 116 Å². The summed E-state index contributed by atoms with van der Waals surface area (Å²) in [7, 11) is 0. The summed E-state index contributed by atoms with van der Waals surface area (Å²) in [4.78, 5) is 23.2. The van der Waals surface area contributed by atoms with Crippen molar-refractivity contribution in [1.29, 1.82) is 0 Å². The second kappa shape index (κ2) is 9.78. The highest BCUT2D eigenvalue weighted by Gasteiger charge is 2.25. The Hall–Kier alpha value is -1.10. The van der Waals surface area contributed by atoms with Gasteiger partial charge < -0.3 is 14.8 Å². The molecule has 0 aromatic carbocycles. The molecular formula is C14H27NO4. The number of ether oxygens (including phenoxy) is 2. The Morgan fingerprint density at radius 1 is 1.37 bits per heavy atom. The number of hydrogen-bond acceptors (Lipinski definition) is 4. The number of carbonyl (C=O) groups is 2. The maximum Gasteiger partial charge on any atom is 0.408 e. The van der Waals surface area contributed by atoms with E-state index in [4.69, 9.17) is 9.47 Å². The Balaban J connectivity index is 0.00000154. The maximum absolute atomic E-state index is 11.6. The third kappa shape index (κ3) is 6.57. The Bertz CT molecular complexity index is 273. The lowest BCUT2D eigenvalue weighted by Gasteiger charge is -2.21. The van der Waals surface area contributed by atoms with Gasteiger partial charge in [-0.2, -0.15) is 0 Å². The number of nitrogens with one attached hydrogen (secondary N) is 1. The predicted octanol–water partition coefficient (Wildman–Crippen LogP) is 2.53. The lowest BCUT2D eigenvalue weighted by molar-refractivity contribution is -0.121. The molecule has 0 aromatic heterocycles. The van der Waals surface area contributed by atoms with Crippen LogP contribution in [0.15, 0.2) is 0 Å². The second-order valence-electron chi connectivity index (χ2n) is 4.58. The molecular weight excluding hydrogens is 246 g/mol. The molecule has 1 saturated heterocycles. The molecule has 2 atom stereocenters. The van der Waals surface area contributed by atoms with Gasteiger partial charge in [0, 0.05) is 12.8 Å². The van der Waals surface area contributed by atoms with Crippen LogP contribution >= 0.6 is 0 Å². The van der Waals surface area contributed by atoms with Crippen LogP contribution in [0.5, 0.6) is 0 Å². The van der Waals surface area contributed by atoms with E-state index >= 15 is 0 Å². The predicted molar refractivity (Wildman–Crippen MR) is 74.1 cm³/mol. The number of rotatable bonds is 5. The van der Waals surface area contributed by atoms with Gasteiger partial charge in [0.15, 0.2) is 5.78 Å². The fourth-order valence-corrected chi connectivity index (χ4v) is 1.76. The van der Waals surface area contributed by atoms with Crippen LogP contribution in [-0.2, 0) is 14.3 Å². The van der Waals surface area contributed by atoms with Gasteiger partial charge in [-0.25, -0.2) is 4.79 Å². The zero-order valence-corrected chi connectivity index (χ0v) is 12.7. The molecule has 1 amide bonds. The number of carbonyl (C=O) groups excluding carboxylic acids is 2. The smallest absolute Gasteiger partial charge is 0.408 e. The zero-order valence-electron chi connectivity index (χ0n) is 12.7. The summed E-state index contributed by atoms with van der Waals surface area (Å²) in [5, 5.41) is 2.63. The van der Waals surface area contributed by atoms with Crippen molar-refractivity contribution in [1.82, 2.24) is 5.32 Å². The van der Waals surface area contributed by atoms with E-state index in [-0.39, 0.29) is 17.8 Å². The first kappa shape index (κ1) is 17.9. The van der Waals surface area contributed by atoms with E-state index in [1.165, 1.54) is 0 Å².